The molecule has 3 aromatic heterocycles. The average molecular weight is 467 g/mol. The number of benzene rings is 2. The maximum atomic E-state index is 6.37. The fourth-order valence-electron chi connectivity index (χ4n) is 4.92. The van der Waals surface area contributed by atoms with Gasteiger partial charge in [-0.15, -0.1) is 0 Å². The molecular formula is C27H26N6S. The van der Waals surface area contributed by atoms with E-state index in [4.69, 9.17) is 15.7 Å². The topological polar surface area (TPSA) is 81.1 Å². The maximum Gasteiger partial charge on any atom is 0.150 e. The molecule has 5 aromatic rings. The molecule has 3 N–H and O–H groups in total. The van der Waals surface area contributed by atoms with E-state index in [1.807, 2.05) is 24.4 Å². The van der Waals surface area contributed by atoms with Crippen molar-refractivity contribution in [3.63, 3.8) is 0 Å². The van der Waals surface area contributed by atoms with Crippen LogP contribution < -0.4 is 10.5 Å². The Hall–Kier alpha value is -3.42. The van der Waals surface area contributed by atoms with E-state index < -0.39 is 0 Å². The molecule has 1 fully saturated rings. The summed E-state index contributed by atoms with van der Waals surface area (Å²) in [6.45, 7) is 1.04. The Morgan fingerprint density at radius 3 is 2.68 bits per heavy atom. The Morgan fingerprint density at radius 1 is 1.03 bits per heavy atom. The molecule has 34 heavy (non-hydrogen) atoms. The SMILES string of the molecule is CSNCC1CC(c2nc(-c3ccc4ccc(-c5ccccc5)nc4c3)c3c(N)nccn23)C1. The Labute approximate surface area is 202 Å². The number of pyridine rings is 1. The first-order chi connectivity index (χ1) is 16.7. The number of hydrogen-bond donors (Lipinski definition) is 2. The summed E-state index contributed by atoms with van der Waals surface area (Å²) in [7, 11) is 0. The van der Waals surface area contributed by atoms with Crippen LogP contribution in [0, 0.1) is 5.92 Å². The summed E-state index contributed by atoms with van der Waals surface area (Å²) in [6.07, 6.45) is 8.08. The van der Waals surface area contributed by atoms with Gasteiger partial charge in [0.1, 0.15) is 22.9 Å². The van der Waals surface area contributed by atoms with Crippen molar-refractivity contribution in [3.05, 3.63) is 78.9 Å². The molecule has 170 valence electrons. The minimum Gasteiger partial charge on any atom is -0.382 e. The number of nitrogens with two attached hydrogens (primary N) is 1. The zero-order valence-corrected chi connectivity index (χ0v) is 19.8. The van der Waals surface area contributed by atoms with Crippen molar-refractivity contribution in [2.75, 3.05) is 18.5 Å². The normalized spacial score (nSPS) is 17.8. The van der Waals surface area contributed by atoms with Gasteiger partial charge in [-0.2, -0.15) is 0 Å². The van der Waals surface area contributed by atoms with Crippen molar-refractivity contribution in [1.82, 2.24) is 24.1 Å². The highest BCUT2D eigenvalue weighted by Crippen LogP contribution is 2.43. The van der Waals surface area contributed by atoms with Crippen LogP contribution in [0.25, 0.3) is 38.9 Å². The zero-order chi connectivity index (χ0) is 23.1. The average Bonchev–Trinajstić information content (AvgIpc) is 3.23. The molecule has 1 aliphatic rings. The standard InChI is InChI=1S/C27H26N6S/c1-34-30-16-17-13-21(14-17)27-32-24(25-26(28)29-11-12-33(25)27)20-8-7-19-9-10-22(31-23(19)15-20)18-5-3-2-4-6-18/h2-12,15,17,21,30H,13-14,16H2,1H3,(H2,28,29). The molecule has 0 atom stereocenters. The van der Waals surface area contributed by atoms with Gasteiger partial charge in [0.25, 0.3) is 0 Å². The molecule has 0 bridgehead atoms. The molecule has 0 amide bonds. The molecule has 0 aliphatic heterocycles. The van der Waals surface area contributed by atoms with Crippen LogP contribution in [-0.4, -0.2) is 32.2 Å². The highest BCUT2D eigenvalue weighted by atomic mass is 32.2. The van der Waals surface area contributed by atoms with Crippen LogP contribution in [0.5, 0.6) is 0 Å². The van der Waals surface area contributed by atoms with Crippen LogP contribution in [0.1, 0.15) is 24.6 Å². The maximum absolute atomic E-state index is 6.37. The number of anilines is 1. The van der Waals surface area contributed by atoms with Crippen molar-refractivity contribution < 1.29 is 0 Å². The van der Waals surface area contributed by atoms with E-state index in [1.54, 1.807) is 18.1 Å². The lowest BCUT2D eigenvalue weighted by atomic mass is 9.74. The molecule has 0 saturated heterocycles. The molecule has 0 spiro atoms. The Balaban J connectivity index is 1.42. The first kappa shape index (κ1) is 21.1. The predicted octanol–water partition coefficient (Wildman–Crippen LogP) is 5.55. The summed E-state index contributed by atoms with van der Waals surface area (Å²) in [4.78, 5) is 14.5. The molecule has 1 aliphatic carbocycles. The minimum atomic E-state index is 0.431. The van der Waals surface area contributed by atoms with Crippen LogP contribution in [0.4, 0.5) is 5.82 Å². The van der Waals surface area contributed by atoms with Crippen molar-refractivity contribution >= 4 is 34.2 Å². The fourth-order valence-corrected chi connectivity index (χ4v) is 5.33. The van der Waals surface area contributed by atoms with E-state index in [9.17, 15) is 0 Å². The molecule has 7 heteroatoms. The van der Waals surface area contributed by atoms with Gasteiger partial charge >= 0.3 is 0 Å². The summed E-state index contributed by atoms with van der Waals surface area (Å²) in [5.41, 5.74) is 12.1. The number of nitrogen functional groups attached to an aromatic ring is 1. The molecular weight excluding hydrogens is 440 g/mol. The summed E-state index contributed by atoms with van der Waals surface area (Å²) in [5.74, 6) is 2.70. The molecule has 0 unspecified atom stereocenters. The number of imidazole rings is 1. The van der Waals surface area contributed by atoms with Crippen molar-refractivity contribution in [2.45, 2.75) is 18.8 Å². The van der Waals surface area contributed by atoms with Crippen molar-refractivity contribution in [3.8, 4) is 22.5 Å². The van der Waals surface area contributed by atoms with Gasteiger partial charge in [0.05, 0.1) is 11.2 Å². The lowest BCUT2D eigenvalue weighted by Crippen LogP contribution is -2.30. The molecule has 3 heterocycles. The van der Waals surface area contributed by atoms with Gasteiger partial charge in [-0.1, -0.05) is 60.5 Å². The van der Waals surface area contributed by atoms with E-state index in [0.29, 0.717) is 17.7 Å². The number of aromatic nitrogens is 4. The van der Waals surface area contributed by atoms with Gasteiger partial charge in [-0.3, -0.25) is 9.12 Å². The lowest BCUT2D eigenvalue weighted by molar-refractivity contribution is 0.257. The van der Waals surface area contributed by atoms with E-state index in [-0.39, 0.29) is 0 Å². The Morgan fingerprint density at radius 2 is 1.85 bits per heavy atom. The van der Waals surface area contributed by atoms with Crippen molar-refractivity contribution in [1.29, 1.82) is 0 Å². The van der Waals surface area contributed by atoms with E-state index in [1.165, 1.54) is 0 Å². The quantitative estimate of drug-likeness (QED) is 0.319. The van der Waals surface area contributed by atoms with Gasteiger partial charge in [0.15, 0.2) is 0 Å². The summed E-state index contributed by atoms with van der Waals surface area (Å²) in [5, 5.41) is 1.10. The summed E-state index contributed by atoms with van der Waals surface area (Å²) in [6, 6.07) is 20.8. The second kappa shape index (κ2) is 8.74. The highest BCUT2D eigenvalue weighted by Gasteiger charge is 2.34. The monoisotopic (exact) mass is 466 g/mol. The van der Waals surface area contributed by atoms with Gasteiger partial charge in [-0.05, 0) is 37.1 Å². The fraction of sp³-hybridized carbons (Fsp3) is 0.222. The van der Waals surface area contributed by atoms with Crippen LogP contribution in [-0.2, 0) is 0 Å². The first-order valence-electron chi connectivity index (χ1n) is 11.6. The van der Waals surface area contributed by atoms with Gasteiger partial charge < -0.3 is 5.73 Å². The third kappa shape index (κ3) is 3.71. The zero-order valence-electron chi connectivity index (χ0n) is 19.0. The summed E-state index contributed by atoms with van der Waals surface area (Å²) >= 11 is 1.68. The number of nitrogens with one attached hydrogen (secondary N) is 1. The van der Waals surface area contributed by atoms with Crippen molar-refractivity contribution in [2.24, 2.45) is 5.92 Å². The number of rotatable bonds is 6. The second-order valence-corrected chi connectivity index (χ2v) is 9.60. The molecule has 6 nitrogen and oxygen atoms in total. The van der Waals surface area contributed by atoms with E-state index in [0.717, 1.165) is 64.1 Å². The van der Waals surface area contributed by atoms with E-state index >= 15 is 0 Å². The number of fused-ring (bicyclic) bond motifs is 2. The van der Waals surface area contributed by atoms with Crippen LogP contribution in [0.15, 0.2) is 73.1 Å². The van der Waals surface area contributed by atoms with E-state index in [2.05, 4.69) is 62.8 Å². The second-order valence-electron chi connectivity index (χ2n) is 8.91. The Bertz CT molecular complexity index is 1470. The first-order valence-corrected chi connectivity index (χ1v) is 12.8. The molecule has 1 saturated carbocycles. The summed E-state index contributed by atoms with van der Waals surface area (Å²) < 4.78 is 5.52. The van der Waals surface area contributed by atoms with Gasteiger partial charge in [0.2, 0.25) is 0 Å². The van der Waals surface area contributed by atoms with Crippen LogP contribution in [0.3, 0.4) is 0 Å². The largest absolute Gasteiger partial charge is 0.382 e. The van der Waals surface area contributed by atoms with Gasteiger partial charge in [0, 0.05) is 41.4 Å². The third-order valence-corrected chi connectivity index (χ3v) is 7.22. The highest BCUT2D eigenvalue weighted by molar-refractivity contribution is 7.96. The minimum absolute atomic E-state index is 0.431. The Kier molecular flexibility index (Phi) is 5.43. The third-order valence-electron chi connectivity index (χ3n) is 6.76. The number of nitrogens with zero attached hydrogens (tertiary/aromatic N) is 4. The molecule has 6 rings (SSSR count). The van der Waals surface area contributed by atoms with Crippen LogP contribution in [0.2, 0.25) is 0 Å². The number of hydrogen-bond acceptors (Lipinski definition) is 6. The molecule has 0 radical (unpaired) electrons. The van der Waals surface area contributed by atoms with Crippen LogP contribution >= 0.6 is 11.9 Å². The predicted molar refractivity (Wildman–Crippen MR) is 141 cm³/mol. The molecule has 2 aromatic carbocycles. The lowest BCUT2D eigenvalue weighted by Gasteiger charge is -2.34. The smallest absolute Gasteiger partial charge is 0.150 e. The van der Waals surface area contributed by atoms with Gasteiger partial charge in [-0.25, -0.2) is 15.0 Å².